The van der Waals surface area contributed by atoms with Gasteiger partial charge in [0.2, 0.25) is 5.91 Å². The first kappa shape index (κ1) is 14.6. The lowest BCUT2D eigenvalue weighted by Gasteiger charge is -2.25. The molecule has 1 aromatic heterocycles. The summed E-state index contributed by atoms with van der Waals surface area (Å²) >= 11 is 0. The molecule has 4 nitrogen and oxygen atoms in total. The number of carbonyl (C=O) groups excluding carboxylic acids is 1. The topological polar surface area (TPSA) is 59.2 Å². The predicted octanol–water partition coefficient (Wildman–Crippen LogP) is 2.12. The van der Waals surface area contributed by atoms with Gasteiger partial charge in [0.05, 0.1) is 6.04 Å². The summed E-state index contributed by atoms with van der Waals surface area (Å²) in [6.45, 7) is 2.74. The second kappa shape index (κ2) is 7.82. The lowest BCUT2D eigenvalue weighted by Crippen LogP contribution is -2.29. The van der Waals surface area contributed by atoms with Crippen molar-refractivity contribution < 1.29 is 4.79 Å². The highest BCUT2D eigenvalue weighted by Crippen LogP contribution is 2.18. The Labute approximate surface area is 109 Å². The number of hydrogen-bond donors (Lipinski definition) is 1. The molecule has 0 spiro atoms. The Balaban J connectivity index is 2.43. The maximum Gasteiger partial charge on any atom is 0.222 e. The van der Waals surface area contributed by atoms with Crippen LogP contribution in [0, 0.1) is 0 Å². The summed E-state index contributed by atoms with van der Waals surface area (Å²) < 4.78 is 0. The Morgan fingerprint density at radius 3 is 2.61 bits per heavy atom. The third-order valence-electron chi connectivity index (χ3n) is 3.26. The van der Waals surface area contributed by atoms with Gasteiger partial charge < -0.3 is 10.6 Å². The van der Waals surface area contributed by atoms with Crippen LogP contribution in [0.1, 0.15) is 44.2 Å². The summed E-state index contributed by atoms with van der Waals surface area (Å²) in [7, 11) is 1.86. The van der Waals surface area contributed by atoms with Gasteiger partial charge in [-0.15, -0.1) is 0 Å². The third-order valence-corrected chi connectivity index (χ3v) is 3.26. The summed E-state index contributed by atoms with van der Waals surface area (Å²) in [4.78, 5) is 17.8. The number of amides is 1. The highest BCUT2D eigenvalue weighted by atomic mass is 16.2. The molecule has 0 saturated heterocycles. The monoisotopic (exact) mass is 249 g/mol. The standard InChI is InChI=1S/C14H23N3O/c1-12(13-7-10-16-11-8-13)17(2)14(18)6-4-3-5-9-15/h7-8,10-12H,3-6,9,15H2,1-2H3. The van der Waals surface area contributed by atoms with Gasteiger partial charge in [0.1, 0.15) is 0 Å². The lowest BCUT2D eigenvalue weighted by atomic mass is 10.1. The minimum Gasteiger partial charge on any atom is -0.339 e. The Kier molecular flexibility index (Phi) is 6.36. The molecule has 4 heteroatoms. The van der Waals surface area contributed by atoms with Gasteiger partial charge in [0, 0.05) is 25.9 Å². The maximum atomic E-state index is 12.0. The molecule has 1 rings (SSSR count). The van der Waals surface area contributed by atoms with Crippen molar-refractivity contribution in [2.24, 2.45) is 5.73 Å². The van der Waals surface area contributed by atoms with E-state index in [9.17, 15) is 4.79 Å². The van der Waals surface area contributed by atoms with Crippen molar-refractivity contribution >= 4 is 5.91 Å². The molecule has 1 aromatic rings. The fourth-order valence-corrected chi connectivity index (χ4v) is 1.86. The number of rotatable bonds is 7. The quantitative estimate of drug-likeness (QED) is 0.753. The maximum absolute atomic E-state index is 12.0. The number of aromatic nitrogens is 1. The average Bonchev–Trinajstić information content (AvgIpc) is 2.42. The van der Waals surface area contributed by atoms with Crippen LogP contribution in [0.3, 0.4) is 0 Å². The number of carbonyl (C=O) groups is 1. The first-order chi connectivity index (χ1) is 8.66. The normalized spacial score (nSPS) is 12.2. The van der Waals surface area contributed by atoms with Crippen LogP contribution in [-0.2, 0) is 4.79 Å². The van der Waals surface area contributed by atoms with Crippen molar-refractivity contribution in [1.29, 1.82) is 0 Å². The average molecular weight is 249 g/mol. The Morgan fingerprint density at radius 2 is 2.00 bits per heavy atom. The molecule has 0 fully saturated rings. The van der Waals surface area contributed by atoms with Crippen LogP contribution in [-0.4, -0.2) is 29.4 Å². The summed E-state index contributed by atoms with van der Waals surface area (Å²) in [6.07, 6.45) is 7.06. The number of unbranched alkanes of at least 4 members (excludes halogenated alkanes) is 2. The van der Waals surface area contributed by atoms with E-state index in [1.165, 1.54) is 0 Å². The highest BCUT2D eigenvalue weighted by Gasteiger charge is 2.16. The highest BCUT2D eigenvalue weighted by molar-refractivity contribution is 5.76. The SMILES string of the molecule is CC(c1ccncc1)N(C)C(=O)CCCCCN. The fourth-order valence-electron chi connectivity index (χ4n) is 1.86. The number of nitrogens with zero attached hydrogens (tertiary/aromatic N) is 2. The van der Waals surface area contributed by atoms with Crippen LogP contribution < -0.4 is 5.73 Å². The molecule has 0 aliphatic rings. The zero-order valence-electron chi connectivity index (χ0n) is 11.3. The number of pyridine rings is 1. The molecule has 0 saturated carbocycles. The van der Waals surface area contributed by atoms with Crippen LogP contribution in [0.5, 0.6) is 0 Å². The third kappa shape index (κ3) is 4.45. The van der Waals surface area contributed by atoms with E-state index in [-0.39, 0.29) is 11.9 Å². The van der Waals surface area contributed by atoms with Crippen LogP contribution in [0.25, 0.3) is 0 Å². The molecule has 0 aromatic carbocycles. The van der Waals surface area contributed by atoms with Gasteiger partial charge in [-0.05, 0) is 44.0 Å². The summed E-state index contributed by atoms with van der Waals surface area (Å²) in [5, 5.41) is 0. The second-order valence-electron chi connectivity index (χ2n) is 4.56. The smallest absolute Gasteiger partial charge is 0.222 e. The van der Waals surface area contributed by atoms with Gasteiger partial charge in [-0.3, -0.25) is 9.78 Å². The van der Waals surface area contributed by atoms with E-state index in [2.05, 4.69) is 4.98 Å². The van der Waals surface area contributed by atoms with Gasteiger partial charge in [-0.25, -0.2) is 0 Å². The molecule has 18 heavy (non-hydrogen) atoms. The van der Waals surface area contributed by atoms with E-state index in [1.54, 1.807) is 17.3 Å². The van der Waals surface area contributed by atoms with Crippen molar-refractivity contribution in [1.82, 2.24) is 9.88 Å². The van der Waals surface area contributed by atoms with E-state index < -0.39 is 0 Å². The van der Waals surface area contributed by atoms with Crippen LogP contribution in [0.4, 0.5) is 0 Å². The Bertz CT molecular complexity index is 353. The molecule has 1 heterocycles. The summed E-state index contributed by atoms with van der Waals surface area (Å²) in [5.74, 6) is 0.191. The predicted molar refractivity (Wildman–Crippen MR) is 72.9 cm³/mol. The van der Waals surface area contributed by atoms with Gasteiger partial charge in [0.15, 0.2) is 0 Å². The second-order valence-corrected chi connectivity index (χ2v) is 4.56. The van der Waals surface area contributed by atoms with E-state index in [0.29, 0.717) is 13.0 Å². The largest absolute Gasteiger partial charge is 0.339 e. The van der Waals surface area contributed by atoms with Crippen molar-refractivity contribution in [2.75, 3.05) is 13.6 Å². The molecular weight excluding hydrogens is 226 g/mol. The Morgan fingerprint density at radius 1 is 1.33 bits per heavy atom. The number of nitrogens with two attached hydrogens (primary N) is 1. The zero-order valence-corrected chi connectivity index (χ0v) is 11.3. The molecule has 1 atom stereocenters. The lowest BCUT2D eigenvalue weighted by molar-refractivity contribution is -0.131. The van der Waals surface area contributed by atoms with Crippen molar-refractivity contribution in [3.63, 3.8) is 0 Å². The molecule has 0 radical (unpaired) electrons. The van der Waals surface area contributed by atoms with Crippen LogP contribution in [0.15, 0.2) is 24.5 Å². The van der Waals surface area contributed by atoms with Gasteiger partial charge in [0.25, 0.3) is 0 Å². The number of hydrogen-bond acceptors (Lipinski definition) is 3. The van der Waals surface area contributed by atoms with Crippen LogP contribution >= 0.6 is 0 Å². The van der Waals surface area contributed by atoms with E-state index >= 15 is 0 Å². The van der Waals surface area contributed by atoms with Crippen molar-refractivity contribution in [3.8, 4) is 0 Å². The van der Waals surface area contributed by atoms with Gasteiger partial charge in [-0.1, -0.05) is 6.42 Å². The van der Waals surface area contributed by atoms with Crippen LogP contribution in [0.2, 0.25) is 0 Å². The molecule has 1 amide bonds. The molecule has 1 unspecified atom stereocenters. The first-order valence-corrected chi connectivity index (χ1v) is 6.52. The minimum atomic E-state index is 0.0926. The molecule has 100 valence electrons. The fraction of sp³-hybridized carbons (Fsp3) is 0.571. The molecule has 0 aliphatic carbocycles. The molecule has 0 bridgehead atoms. The molecule has 0 aliphatic heterocycles. The summed E-state index contributed by atoms with van der Waals surface area (Å²) in [5.41, 5.74) is 6.54. The zero-order chi connectivity index (χ0) is 13.4. The Hall–Kier alpha value is -1.42. The first-order valence-electron chi connectivity index (χ1n) is 6.52. The van der Waals surface area contributed by atoms with E-state index in [1.807, 2.05) is 26.1 Å². The minimum absolute atomic E-state index is 0.0926. The van der Waals surface area contributed by atoms with E-state index in [4.69, 9.17) is 5.73 Å². The van der Waals surface area contributed by atoms with Crippen molar-refractivity contribution in [2.45, 2.75) is 38.6 Å². The summed E-state index contributed by atoms with van der Waals surface area (Å²) in [6, 6.07) is 3.99. The molecule has 2 N–H and O–H groups in total. The van der Waals surface area contributed by atoms with Gasteiger partial charge >= 0.3 is 0 Å². The van der Waals surface area contributed by atoms with Gasteiger partial charge in [-0.2, -0.15) is 0 Å². The van der Waals surface area contributed by atoms with E-state index in [0.717, 1.165) is 24.8 Å². The van der Waals surface area contributed by atoms with Crippen molar-refractivity contribution in [3.05, 3.63) is 30.1 Å². The molecular formula is C14H23N3O.